The highest BCUT2D eigenvalue weighted by Gasteiger charge is 2.12. The fourth-order valence-corrected chi connectivity index (χ4v) is 2.49. The molecule has 0 aromatic carbocycles. The van der Waals surface area contributed by atoms with E-state index in [4.69, 9.17) is 4.42 Å². The third-order valence-corrected chi connectivity index (χ3v) is 3.07. The number of hydrogen-bond donors (Lipinski definition) is 0. The largest absolute Gasteiger partial charge is 0.455 e. The molecule has 0 spiro atoms. The summed E-state index contributed by atoms with van der Waals surface area (Å²) in [6.07, 6.45) is 3.85. The van der Waals surface area contributed by atoms with E-state index in [-0.39, 0.29) is 0 Å². The van der Waals surface area contributed by atoms with E-state index in [1.54, 1.807) is 0 Å². The molecule has 2 heterocycles. The Labute approximate surface area is 71.2 Å². The van der Waals surface area contributed by atoms with E-state index in [2.05, 4.69) is 6.07 Å². The van der Waals surface area contributed by atoms with E-state index in [1.807, 2.05) is 18.7 Å². The molecule has 1 aliphatic heterocycles. The number of thioether (sulfide) groups is 1. The summed E-state index contributed by atoms with van der Waals surface area (Å²) in [6.45, 7) is 2.02. The van der Waals surface area contributed by atoms with Gasteiger partial charge in [0.05, 0.1) is 0 Å². The van der Waals surface area contributed by atoms with E-state index in [1.165, 1.54) is 35.7 Å². The van der Waals surface area contributed by atoms with Gasteiger partial charge >= 0.3 is 0 Å². The van der Waals surface area contributed by atoms with Crippen LogP contribution in [0.5, 0.6) is 0 Å². The molecule has 1 aromatic rings. The molecule has 0 N–H and O–H groups in total. The maximum Gasteiger partial charge on any atom is 0.163 e. The second kappa shape index (κ2) is 2.94. The molecule has 0 atom stereocenters. The maximum absolute atomic E-state index is 5.55. The van der Waals surface area contributed by atoms with Gasteiger partial charge in [-0.2, -0.15) is 0 Å². The van der Waals surface area contributed by atoms with E-state index >= 15 is 0 Å². The summed E-state index contributed by atoms with van der Waals surface area (Å²) < 4.78 is 5.55. The standard InChI is InChI=1S/C9H12OS/c1-7-6-8-4-2-3-5-11-9(8)10-7/h6H,2-5H2,1H3. The zero-order chi connectivity index (χ0) is 7.68. The van der Waals surface area contributed by atoms with Gasteiger partial charge in [-0.25, -0.2) is 0 Å². The van der Waals surface area contributed by atoms with Gasteiger partial charge in [-0.1, -0.05) is 11.8 Å². The van der Waals surface area contributed by atoms with Gasteiger partial charge < -0.3 is 4.42 Å². The lowest BCUT2D eigenvalue weighted by atomic mass is 10.1. The Morgan fingerprint density at radius 1 is 1.45 bits per heavy atom. The lowest BCUT2D eigenvalue weighted by Gasteiger charge is -1.91. The third-order valence-electron chi connectivity index (χ3n) is 1.97. The van der Waals surface area contributed by atoms with Gasteiger partial charge in [0.15, 0.2) is 5.09 Å². The van der Waals surface area contributed by atoms with Crippen molar-refractivity contribution in [2.45, 2.75) is 31.3 Å². The Bertz CT molecular complexity index is 229. The van der Waals surface area contributed by atoms with Crippen molar-refractivity contribution >= 4 is 11.8 Å². The average Bonchev–Trinajstić information content (AvgIpc) is 2.17. The SMILES string of the molecule is Cc1cc2c(o1)SCCCC2. The normalized spacial score (nSPS) is 17.5. The number of hydrogen-bond acceptors (Lipinski definition) is 2. The first kappa shape index (κ1) is 7.29. The Kier molecular flexibility index (Phi) is 1.95. The van der Waals surface area contributed by atoms with E-state index in [0.717, 1.165) is 5.76 Å². The van der Waals surface area contributed by atoms with Crippen LogP contribution in [-0.4, -0.2) is 5.75 Å². The molecule has 1 nitrogen and oxygen atoms in total. The van der Waals surface area contributed by atoms with Crippen molar-refractivity contribution in [1.29, 1.82) is 0 Å². The van der Waals surface area contributed by atoms with Crippen molar-refractivity contribution in [3.8, 4) is 0 Å². The van der Waals surface area contributed by atoms with Gasteiger partial charge in [0.25, 0.3) is 0 Å². The van der Waals surface area contributed by atoms with Crippen molar-refractivity contribution in [2.24, 2.45) is 0 Å². The fourth-order valence-electron chi connectivity index (χ4n) is 1.42. The Morgan fingerprint density at radius 2 is 2.36 bits per heavy atom. The molecule has 60 valence electrons. The lowest BCUT2D eigenvalue weighted by molar-refractivity contribution is 0.444. The predicted molar refractivity (Wildman–Crippen MR) is 47.1 cm³/mol. The van der Waals surface area contributed by atoms with Crippen LogP contribution in [0.4, 0.5) is 0 Å². The highest BCUT2D eigenvalue weighted by Crippen LogP contribution is 2.31. The van der Waals surface area contributed by atoms with Crippen LogP contribution in [0, 0.1) is 6.92 Å². The summed E-state index contributed by atoms with van der Waals surface area (Å²) in [5.74, 6) is 2.28. The van der Waals surface area contributed by atoms with Crippen LogP contribution in [0.2, 0.25) is 0 Å². The molecule has 2 rings (SSSR count). The first-order chi connectivity index (χ1) is 5.36. The Morgan fingerprint density at radius 3 is 3.27 bits per heavy atom. The molecule has 0 amide bonds. The molecule has 1 aliphatic rings. The fraction of sp³-hybridized carbons (Fsp3) is 0.556. The monoisotopic (exact) mass is 168 g/mol. The minimum atomic E-state index is 1.06. The molecule has 11 heavy (non-hydrogen) atoms. The summed E-state index contributed by atoms with van der Waals surface area (Å²) >= 11 is 1.86. The van der Waals surface area contributed by atoms with Crippen molar-refractivity contribution in [3.63, 3.8) is 0 Å². The number of fused-ring (bicyclic) bond motifs is 1. The van der Waals surface area contributed by atoms with Gasteiger partial charge in [0.2, 0.25) is 0 Å². The molecule has 0 unspecified atom stereocenters. The third kappa shape index (κ3) is 1.45. The van der Waals surface area contributed by atoms with Crippen molar-refractivity contribution in [2.75, 3.05) is 5.75 Å². The molecule has 0 saturated carbocycles. The molecule has 0 saturated heterocycles. The predicted octanol–water partition coefficient (Wildman–Crippen LogP) is 3.02. The first-order valence-corrected chi connectivity index (χ1v) is 5.07. The number of rotatable bonds is 0. The van der Waals surface area contributed by atoms with E-state index in [0.29, 0.717) is 0 Å². The van der Waals surface area contributed by atoms with Gasteiger partial charge in [-0.3, -0.25) is 0 Å². The summed E-state index contributed by atoms with van der Waals surface area (Å²) in [5, 5.41) is 1.17. The quantitative estimate of drug-likeness (QED) is 0.590. The van der Waals surface area contributed by atoms with Gasteiger partial charge in [0, 0.05) is 11.3 Å². The van der Waals surface area contributed by atoms with Gasteiger partial charge in [-0.05, 0) is 32.3 Å². The molecule has 0 fully saturated rings. The highest BCUT2D eigenvalue weighted by atomic mass is 32.2. The molecular formula is C9H12OS. The van der Waals surface area contributed by atoms with Gasteiger partial charge in [0.1, 0.15) is 5.76 Å². The van der Waals surface area contributed by atoms with Crippen LogP contribution < -0.4 is 0 Å². The van der Waals surface area contributed by atoms with Crippen LogP contribution in [0.1, 0.15) is 24.2 Å². The summed E-state index contributed by atoms with van der Waals surface area (Å²) in [7, 11) is 0. The molecule has 0 radical (unpaired) electrons. The van der Waals surface area contributed by atoms with Crippen molar-refractivity contribution < 1.29 is 4.42 Å². The minimum absolute atomic E-state index is 1.06. The number of furan rings is 1. The van der Waals surface area contributed by atoms with Crippen molar-refractivity contribution in [1.82, 2.24) is 0 Å². The van der Waals surface area contributed by atoms with E-state index < -0.39 is 0 Å². The second-order valence-corrected chi connectivity index (χ2v) is 4.04. The maximum atomic E-state index is 5.55. The molecule has 0 aliphatic carbocycles. The van der Waals surface area contributed by atoms with E-state index in [9.17, 15) is 0 Å². The summed E-state index contributed by atoms with van der Waals surface area (Å²) in [4.78, 5) is 0. The van der Waals surface area contributed by atoms with Crippen LogP contribution >= 0.6 is 11.8 Å². The number of aryl methyl sites for hydroxylation is 2. The Balaban J connectivity index is 2.32. The molecular weight excluding hydrogens is 156 g/mol. The molecule has 2 heteroatoms. The highest BCUT2D eigenvalue weighted by molar-refractivity contribution is 7.99. The van der Waals surface area contributed by atoms with Crippen LogP contribution in [0.25, 0.3) is 0 Å². The Hall–Kier alpha value is -0.370. The van der Waals surface area contributed by atoms with Crippen molar-refractivity contribution in [3.05, 3.63) is 17.4 Å². The molecule has 0 bridgehead atoms. The van der Waals surface area contributed by atoms with Crippen LogP contribution in [0.15, 0.2) is 15.6 Å². The topological polar surface area (TPSA) is 13.1 Å². The zero-order valence-electron chi connectivity index (χ0n) is 6.72. The molecule has 1 aromatic heterocycles. The first-order valence-electron chi connectivity index (χ1n) is 4.08. The van der Waals surface area contributed by atoms with Crippen LogP contribution in [-0.2, 0) is 6.42 Å². The average molecular weight is 168 g/mol. The lowest BCUT2D eigenvalue weighted by Crippen LogP contribution is -1.79. The summed E-state index contributed by atoms with van der Waals surface area (Å²) in [5.41, 5.74) is 1.42. The van der Waals surface area contributed by atoms with Gasteiger partial charge in [-0.15, -0.1) is 0 Å². The summed E-state index contributed by atoms with van der Waals surface area (Å²) in [6, 6.07) is 2.17. The smallest absolute Gasteiger partial charge is 0.163 e. The van der Waals surface area contributed by atoms with Crippen LogP contribution in [0.3, 0.4) is 0 Å². The second-order valence-electron chi connectivity index (χ2n) is 2.98. The minimum Gasteiger partial charge on any atom is -0.455 e. The zero-order valence-corrected chi connectivity index (χ0v) is 7.54.